The summed E-state index contributed by atoms with van der Waals surface area (Å²) >= 11 is 4.55. The van der Waals surface area contributed by atoms with Gasteiger partial charge in [0.1, 0.15) is 0 Å². The molecular weight excluding hydrogens is 308 g/mol. The van der Waals surface area contributed by atoms with Crippen molar-refractivity contribution in [3.8, 4) is 0 Å². The Bertz CT molecular complexity index is 691. The van der Waals surface area contributed by atoms with E-state index in [1.807, 2.05) is 6.92 Å². The maximum absolute atomic E-state index is 12.6. The number of rotatable bonds is 3. The smallest absolute Gasteiger partial charge is 0.221 e. The summed E-state index contributed by atoms with van der Waals surface area (Å²) in [6.45, 7) is 3.26. The Balaban J connectivity index is 2.33. The molecule has 0 saturated carbocycles. The number of aryl methyl sites for hydroxylation is 1. The molecule has 0 spiro atoms. The Hall–Kier alpha value is -1.69. The first-order chi connectivity index (χ1) is 9.88. The molecule has 0 radical (unpaired) electrons. The van der Waals surface area contributed by atoms with Crippen molar-refractivity contribution >= 4 is 40.1 Å². The van der Waals surface area contributed by atoms with Crippen LogP contribution in [-0.2, 0) is 16.0 Å². The second-order valence-electron chi connectivity index (χ2n) is 4.61. The second kappa shape index (κ2) is 6.39. The Morgan fingerprint density at radius 3 is 2.57 bits per heavy atom. The van der Waals surface area contributed by atoms with Crippen molar-refractivity contribution in [2.45, 2.75) is 23.6 Å². The van der Waals surface area contributed by atoms with Gasteiger partial charge < -0.3 is 15.6 Å². The van der Waals surface area contributed by atoms with E-state index in [1.165, 1.54) is 6.92 Å². The summed E-state index contributed by atoms with van der Waals surface area (Å²) in [6, 6.07) is 10.2. The van der Waals surface area contributed by atoms with Crippen LogP contribution in [0, 0.1) is 6.92 Å². The molecule has 1 atom stereocenters. The van der Waals surface area contributed by atoms with Crippen molar-refractivity contribution in [3.05, 3.63) is 47.0 Å². The molecule has 0 aliphatic rings. The topological polar surface area (TPSA) is 78.2 Å². The molecule has 0 bridgehead atoms. The SMILES string of the molecule is CC(=O)Nc1ccc([S+]([O-])c2ccc(Cl)cc2C)cc1N. The molecule has 110 valence electrons. The molecule has 2 aromatic rings. The van der Waals surface area contributed by atoms with E-state index in [1.54, 1.807) is 36.4 Å². The number of carbonyl (C=O) groups excluding carboxylic acids is 1. The van der Waals surface area contributed by atoms with E-state index >= 15 is 0 Å². The molecule has 21 heavy (non-hydrogen) atoms. The number of benzene rings is 2. The van der Waals surface area contributed by atoms with Crippen LogP contribution in [0.25, 0.3) is 0 Å². The molecule has 0 aliphatic carbocycles. The monoisotopic (exact) mass is 322 g/mol. The number of carbonyl (C=O) groups is 1. The lowest BCUT2D eigenvalue weighted by molar-refractivity contribution is -0.114. The van der Waals surface area contributed by atoms with Crippen LogP contribution in [0.2, 0.25) is 5.02 Å². The molecule has 3 N–H and O–H groups in total. The normalized spacial score (nSPS) is 12.0. The molecule has 0 fully saturated rings. The number of hydrogen-bond donors (Lipinski definition) is 2. The van der Waals surface area contributed by atoms with Crippen molar-refractivity contribution < 1.29 is 9.35 Å². The van der Waals surface area contributed by atoms with Crippen LogP contribution < -0.4 is 11.1 Å². The van der Waals surface area contributed by atoms with E-state index < -0.39 is 11.2 Å². The molecule has 1 amide bonds. The maximum atomic E-state index is 12.6. The lowest BCUT2D eigenvalue weighted by Gasteiger charge is -2.14. The first-order valence-corrected chi connectivity index (χ1v) is 7.76. The average Bonchev–Trinajstić information content (AvgIpc) is 2.40. The van der Waals surface area contributed by atoms with Crippen LogP contribution >= 0.6 is 11.6 Å². The summed E-state index contributed by atoms with van der Waals surface area (Å²) in [7, 11) is 0. The van der Waals surface area contributed by atoms with Crippen LogP contribution in [0.1, 0.15) is 12.5 Å². The largest absolute Gasteiger partial charge is 0.606 e. The van der Waals surface area contributed by atoms with Gasteiger partial charge in [-0.05, 0) is 37.3 Å². The molecule has 0 saturated heterocycles. The van der Waals surface area contributed by atoms with E-state index in [0.29, 0.717) is 26.2 Å². The molecule has 6 heteroatoms. The van der Waals surface area contributed by atoms with Gasteiger partial charge in [0.25, 0.3) is 0 Å². The molecule has 0 aromatic heterocycles. The van der Waals surface area contributed by atoms with Crippen molar-refractivity contribution in [1.82, 2.24) is 0 Å². The van der Waals surface area contributed by atoms with Crippen LogP contribution in [-0.4, -0.2) is 10.5 Å². The predicted octanol–water partition coefficient (Wildman–Crippen LogP) is 3.36. The van der Waals surface area contributed by atoms with Crippen LogP contribution in [0.3, 0.4) is 0 Å². The lowest BCUT2D eigenvalue weighted by Crippen LogP contribution is -2.10. The van der Waals surface area contributed by atoms with Crippen LogP contribution in [0.5, 0.6) is 0 Å². The van der Waals surface area contributed by atoms with Crippen molar-refractivity contribution in [2.75, 3.05) is 11.1 Å². The standard InChI is InChI=1S/C15H15ClN2O2S/c1-9-7-11(16)3-6-15(9)21(20)12-4-5-14(13(17)8-12)18-10(2)19/h3-8H,17H2,1-2H3,(H,18,19). The first kappa shape index (κ1) is 15.7. The third-order valence-corrected chi connectivity index (χ3v) is 4.66. The van der Waals surface area contributed by atoms with E-state index in [4.69, 9.17) is 17.3 Å². The average molecular weight is 323 g/mol. The predicted molar refractivity (Wildman–Crippen MR) is 86.0 cm³/mol. The molecule has 2 aromatic carbocycles. The minimum atomic E-state index is -1.35. The Morgan fingerprint density at radius 2 is 2.00 bits per heavy atom. The zero-order valence-electron chi connectivity index (χ0n) is 11.6. The maximum Gasteiger partial charge on any atom is 0.221 e. The highest BCUT2D eigenvalue weighted by Gasteiger charge is 2.19. The van der Waals surface area contributed by atoms with Gasteiger partial charge in [0.05, 0.1) is 11.4 Å². The van der Waals surface area contributed by atoms with Gasteiger partial charge in [-0.25, -0.2) is 0 Å². The molecular formula is C15H15ClN2O2S. The Labute approximate surface area is 131 Å². The molecule has 0 aliphatic heterocycles. The van der Waals surface area contributed by atoms with Gasteiger partial charge in [0, 0.05) is 34.8 Å². The molecule has 1 unspecified atom stereocenters. The third kappa shape index (κ3) is 3.69. The number of nitrogens with one attached hydrogen (secondary N) is 1. The highest BCUT2D eigenvalue weighted by molar-refractivity contribution is 7.91. The van der Waals surface area contributed by atoms with E-state index in [9.17, 15) is 9.35 Å². The lowest BCUT2D eigenvalue weighted by atomic mass is 10.2. The first-order valence-electron chi connectivity index (χ1n) is 6.23. The summed E-state index contributed by atoms with van der Waals surface area (Å²) in [5.41, 5.74) is 7.62. The zero-order chi connectivity index (χ0) is 15.6. The summed E-state index contributed by atoms with van der Waals surface area (Å²) in [5, 5.41) is 3.22. The fraction of sp³-hybridized carbons (Fsp3) is 0.133. The van der Waals surface area contributed by atoms with Crippen molar-refractivity contribution in [2.24, 2.45) is 0 Å². The second-order valence-corrected chi connectivity index (χ2v) is 6.49. The summed E-state index contributed by atoms with van der Waals surface area (Å²) in [6.07, 6.45) is 0. The summed E-state index contributed by atoms with van der Waals surface area (Å²) in [4.78, 5) is 12.3. The van der Waals surface area contributed by atoms with E-state index in [-0.39, 0.29) is 5.91 Å². The number of amides is 1. The van der Waals surface area contributed by atoms with Crippen LogP contribution in [0.4, 0.5) is 11.4 Å². The Kier molecular flexibility index (Phi) is 4.77. The van der Waals surface area contributed by atoms with Crippen LogP contribution in [0.15, 0.2) is 46.2 Å². The molecule has 2 rings (SSSR count). The zero-order valence-corrected chi connectivity index (χ0v) is 13.2. The Morgan fingerprint density at radius 1 is 1.29 bits per heavy atom. The molecule has 4 nitrogen and oxygen atoms in total. The fourth-order valence-corrected chi connectivity index (χ4v) is 3.36. The van der Waals surface area contributed by atoms with E-state index in [0.717, 1.165) is 5.56 Å². The number of anilines is 2. The molecule has 0 heterocycles. The van der Waals surface area contributed by atoms with Gasteiger partial charge in [-0.3, -0.25) is 4.79 Å². The van der Waals surface area contributed by atoms with Gasteiger partial charge in [-0.15, -0.1) is 0 Å². The van der Waals surface area contributed by atoms with Gasteiger partial charge in [-0.1, -0.05) is 11.6 Å². The van der Waals surface area contributed by atoms with Crippen molar-refractivity contribution in [1.29, 1.82) is 0 Å². The number of nitrogen functional groups attached to an aromatic ring is 1. The number of hydrogen-bond acceptors (Lipinski definition) is 3. The quantitative estimate of drug-likeness (QED) is 0.672. The van der Waals surface area contributed by atoms with Gasteiger partial charge in [0.15, 0.2) is 9.79 Å². The van der Waals surface area contributed by atoms with E-state index in [2.05, 4.69) is 5.32 Å². The third-order valence-electron chi connectivity index (χ3n) is 2.88. The summed E-state index contributed by atoms with van der Waals surface area (Å²) < 4.78 is 12.6. The summed E-state index contributed by atoms with van der Waals surface area (Å²) in [5.74, 6) is -0.205. The highest BCUT2D eigenvalue weighted by atomic mass is 35.5. The van der Waals surface area contributed by atoms with Gasteiger partial charge in [-0.2, -0.15) is 0 Å². The van der Waals surface area contributed by atoms with Gasteiger partial charge >= 0.3 is 0 Å². The highest BCUT2D eigenvalue weighted by Crippen LogP contribution is 2.29. The minimum Gasteiger partial charge on any atom is -0.606 e. The minimum absolute atomic E-state index is 0.205. The fourth-order valence-electron chi connectivity index (χ4n) is 1.91. The van der Waals surface area contributed by atoms with Crippen molar-refractivity contribution in [3.63, 3.8) is 0 Å². The van der Waals surface area contributed by atoms with Gasteiger partial charge in [0.2, 0.25) is 5.91 Å². The number of nitrogens with two attached hydrogens (primary N) is 1. The number of halogens is 1.